The molecule has 0 unspecified atom stereocenters. The minimum absolute atomic E-state index is 0.121. The smallest absolute Gasteiger partial charge is 0.224 e. The van der Waals surface area contributed by atoms with Crippen LogP contribution in [0.25, 0.3) is 0 Å². The summed E-state index contributed by atoms with van der Waals surface area (Å²) in [6.07, 6.45) is 0.230. The molecule has 0 radical (unpaired) electrons. The summed E-state index contributed by atoms with van der Waals surface area (Å²) in [7, 11) is 1.58. The van der Waals surface area contributed by atoms with Gasteiger partial charge in [-0.3, -0.25) is 4.79 Å². The van der Waals surface area contributed by atoms with E-state index in [0.717, 1.165) is 5.56 Å². The maximum atomic E-state index is 13.1. The van der Waals surface area contributed by atoms with Gasteiger partial charge in [0.05, 0.1) is 19.6 Å². The highest BCUT2D eigenvalue weighted by Crippen LogP contribution is 2.17. The number of ether oxygens (including phenoxy) is 2. The SMILES string of the molecule is COc1ccccc1CC(=O)N[C@H](C)COc1cccc(F)c1. The molecular formula is C18H20FNO3. The van der Waals surface area contributed by atoms with Crippen LogP contribution in [-0.2, 0) is 11.2 Å². The van der Waals surface area contributed by atoms with E-state index in [9.17, 15) is 9.18 Å². The zero-order chi connectivity index (χ0) is 16.7. The number of para-hydroxylation sites is 1. The van der Waals surface area contributed by atoms with E-state index in [-0.39, 0.29) is 30.8 Å². The van der Waals surface area contributed by atoms with Crippen molar-refractivity contribution >= 4 is 5.91 Å². The first-order chi connectivity index (χ1) is 11.1. The molecule has 5 heteroatoms. The molecule has 23 heavy (non-hydrogen) atoms. The zero-order valence-corrected chi connectivity index (χ0v) is 13.2. The monoisotopic (exact) mass is 317 g/mol. The average molecular weight is 317 g/mol. The number of carbonyl (C=O) groups excluding carboxylic acids is 1. The predicted octanol–water partition coefficient (Wildman–Crippen LogP) is 2.96. The molecule has 0 fully saturated rings. The van der Waals surface area contributed by atoms with Crippen LogP contribution in [-0.4, -0.2) is 25.7 Å². The molecule has 1 amide bonds. The molecule has 0 aromatic heterocycles. The summed E-state index contributed by atoms with van der Waals surface area (Å²) in [6.45, 7) is 2.10. The molecule has 0 heterocycles. The Morgan fingerprint density at radius 3 is 2.74 bits per heavy atom. The second kappa shape index (κ2) is 8.17. The second-order valence-electron chi connectivity index (χ2n) is 5.23. The van der Waals surface area contributed by atoms with Crippen molar-refractivity contribution in [2.45, 2.75) is 19.4 Å². The fourth-order valence-corrected chi connectivity index (χ4v) is 2.17. The van der Waals surface area contributed by atoms with Crippen LogP contribution in [0.5, 0.6) is 11.5 Å². The molecular weight excluding hydrogens is 297 g/mol. The number of methoxy groups -OCH3 is 1. The van der Waals surface area contributed by atoms with Crippen LogP contribution < -0.4 is 14.8 Å². The Bertz CT molecular complexity index is 660. The van der Waals surface area contributed by atoms with Crippen LogP contribution >= 0.6 is 0 Å². The number of hydrogen-bond donors (Lipinski definition) is 1. The van der Waals surface area contributed by atoms with E-state index < -0.39 is 0 Å². The molecule has 122 valence electrons. The summed E-state index contributed by atoms with van der Waals surface area (Å²) < 4.78 is 23.7. The summed E-state index contributed by atoms with van der Waals surface area (Å²) in [5, 5.41) is 2.85. The maximum absolute atomic E-state index is 13.1. The average Bonchev–Trinajstić information content (AvgIpc) is 2.53. The number of hydrogen-bond acceptors (Lipinski definition) is 3. The van der Waals surface area contributed by atoms with Crippen molar-refractivity contribution in [2.75, 3.05) is 13.7 Å². The van der Waals surface area contributed by atoms with E-state index in [2.05, 4.69) is 5.32 Å². The number of nitrogens with one attached hydrogen (secondary N) is 1. The van der Waals surface area contributed by atoms with Gasteiger partial charge in [0, 0.05) is 11.6 Å². The van der Waals surface area contributed by atoms with Gasteiger partial charge < -0.3 is 14.8 Å². The quantitative estimate of drug-likeness (QED) is 0.854. The summed E-state index contributed by atoms with van der Waals surface area (Å²) in [5.74, 6) is 0.655. The third kappa shape index (κ3) is 5.29. The Kier molecular flexibility index (Phi) is 5.97. The minimum atomic E-state index is -0.352. The zero-order valence-electron chi connectivity index (χ0n) is 13.2. The Balaban J connectivity index is 1.82. The van der Waals surface area contributed by atoms with Crippen LogP contribution in [0.3, 0.4) is 0 Å². The predicted molar refractivity (Wildman–Crippen MR) is 86.2 cm³/mol. The van der Waals surface area contributed by atoms with Gasteiger partial charge in [-0.2, -0.15) is 0 Å². The second-order valence-corrected chi connectivity index (χ2v) is 5.23. The fourth-order valence-electron chi connectivity index (χ4n) is 2.17. The lowest BCUT2D eigenvalue weighted by Crippen LogP contribution is -2.37. The van der Waals surface area contributed by atoms with Crippen molar-refractivity contribution in [2.24, 2.45) is 0 Å². The molecule has 0 saturated carbocycles. The third-order valence-electron chi connectivity index (χ3n) is 3.25. The summed E-state index contributed by atoms with van der Waals surface area (Å²) in [4.78, 5) is 12.1. The van der Waals surface area contributed by atoms with Crippen LogP contribution in [0.15, 0.2) is 48.5 Å². The summed E-state index contributed by atoms with van der Waals surface area (Å²) in [5.41, 5.74) is 0.825. The fraction of sp³-hybridized carbons (Fsp3) is 0.278. The van der Waals surface area contributed by atoms with Gasteiger partial charge >= 0.3 is 0 Å². The third-order valence-corrected chi connectivity index (χ3v) is 3.25. The van der Waals surface area contributed by atoms with E-state index in [1.54, 1.807) is 19.2 Å². The molecule has 2 rings (SSSR count). The molecule has 2 aromatic carbocycles. The largest absolute Gasteiger partial charge is 0.496 e. The summed E-state index contributed by atoms with van der Waals surface area (Å²) >= 11 is 0. The van der Waals surface area contributed by atoms with Gasteiger partial charge in [-0.15, -0.1) is 0 Å². The highest BCUT2D eigenvalue weighted by atomic mass is 19.1. The van der Waals surface area contributed by atoms with Gasteiger partial charge in [-0.25, -0.2) is 4.39 Å². The van der Waals surface area contributed by atoms with Gasteiger partial charge in [0.2, 0.25) is 5.91 Å². The van der Waals surface area contributed by atoms with Crippen LogP contribution in [0.1, 0.15) is 12.5 Å². The number of halogens is 1. The van der Waals surface area contributed by atoms with Crippen molar-refractivity contribution in [1.29, 1.82) is 0 Å². The molecule has 2 aromatic rings. The van der Waals surface area contributed by atoms with Crippen molar-refractivity contribution in [3.63, 3.8) is 0 Å². The molecule has 4 nitrogen and oxygen atoms in total. The number of benzene rings is 2. The van der Waals surface area contributed by atoms with Gasteiger partial charge in [0.15, 0.2) is 0 Å². The lowest BCUT2D eigenvalue weighted by atomic mass is 10.1. The van der Waals surface area contributed by atoms with E-state index in [1.807, 2.05) is 31.2 Å². The van der Waals surface area contributed by atoms with Crippen LogP contribution in [0.2, 0.25) is 0 Å². The molecule has 0 spiro atoms. The summed E-state index contributed by atoms with van der Waals surface area (Å²) in [6, 6.07) is 13.1. The lowest BCUT2D eigenvalue weighted by Gasteiger charge is -2.15. The van der Waals surface area contributed by atoms with Crippen molar-refractivity contribution < 1.29 is 18.7 Å². The van der Waals surface area contributed by atoms with Crippen molar-refractivity contribution in [1.82, 2.24) is 5.32 Å². The first-order valence-electron chi connectivity index (χ1n) is 7.38. The molecule has 0 aliphatic heterocycles. The standard InChI is InChI=1S/C18H20FNO3/c1-13(12-23-16-8-5-7-15(19)11-16)20-18(21)10-14-6-3-4-9-17(14)22-2/h3-9,11,13H,10,12H2,1-2H3,(H,20,21)/t13-/m1/s1. The van der Waals surface area contributed by atoms with Gasteiger partial charge in [0.25, 0.3) is 0 Å². The van der Waals surface area contributed by atoms with Gasteiger partial charge in [0.1, 0.15) is 23.9 Å². The molecule has 0 bridgehead atoms. The number of carbonyl (C=O) groups is 1. The van der Waals surface area contributed by atoms with E-state index in [0.29, 0.717) is 11.5 Å². The van der Waals surface area contributed by atoms with E-state index in [1.165, 1.54) is 12.1 Å². The van der Waals surface area contributed by atoms with Crippen LogP contribution in [0, 0.1) is 5.82 Å². The molecule has 0 aliphatic rings. The molecule has 0 aliphatic carbocycles. The molecule has 1 N–H and O–H groups in total. The molecule has 1 atom stereocenters. The van der Waals surface area contributed by atoms with Crippen molar-refractivity contribution in [3.8, 4) is 11.5 Å². The molecule has 0 saturated heterocycles. The highest BCUT2D eigenvalue weighted by Gasteiger charge is 2.11. The van der Waals surface area contributed by atoms with E-state index >= 15 is 0 Å². The maximum Gasteiger partial charge on any atom is 0.224 e. The Labute approximate surface area is 135 Å². The normalized spacial score (nSPS) is 11.6. The van der Waals surface area contributed by atoms with Gasteiger partial charge in [-0.05, 0) is 25.1 Å². The topological polar surface area (TPSA) is 47.6 Å². The Morgan fingerprint density at radius 2 is 2.00 bits per heavy atom. The first-order valence-corrected chi connectivity index (χ1v) is 7.38. The Morgan fingerprint density at radius 1 is 1.22 bits per heavy atom. The van der Waals surface area contributed by atoms with Crippen molar-refractivity contribution in [3.05, 3.63) is 59.9 Å². The highest BCUT2D eigenvalue weighted by molar-refractivity contribution is 5.79. The van der Waals surface area contributed by atoms with Gasteiger partial charge in [-0.1, -0.05) is 24.3 Å². The number of rotatable bonds is 7. The van der Waals surface area contributed by atoms with E-state index in [4.69, 9.17) is 9.47 Å². The number of amides is 1. The minimum Gasteiger partial charge on any atom is -0.496 e. The van der Waals surface area contributed by atoms with Crippen LogP contribution in [0.4, 0.5) is 4.39 Å². The Hall–Kier alpha value is -2.56. The first kappa shape index (κ1) is 16.8. The lowest BCUT2D eigenvalue weighted by molar-refractivity contribution is -0.121.